The van der Waals surface area contributed by atoms with Gasteiger partial charge in [-0.15, -0.1) is 0 Å². The largest absolute Gasteiger partial charge is 0.486 e. The van der Waals surface area contributed by atoms with Crippen LogP contribution in [0.3, 0.4) is 0 Å². The minimum absolute atomic E-state index is 0.118. The van der Waals surface area contributed by atoms with E-state index in [1.54, 1.807) is 24.4 Å². The van der Waals surface area contributed by atoms with E-state index in [0.717, 1.165) is 16.5 Å². The van der Waals surface area contributed by atoms with Crippen LogP contribution in [-0.2, 0) is 14.3 Å². The Hall–Kier alpha value is -2.58. The first kappa shape index (κ1) is 15.9. The number of hydrogen-bond donors (Lipinski definition) is 1. The Morgan fingerprint density at radius 1 is 1.24 bits per heavy atom. The summed E-state index contributed by atoms with van der Waals surface area (Å²) in [6, 6.07) is 10.1. The summed E-state index contributed by atoms with van der Waals surface area (Å²) in [4.78, 5) is 0.118. The van der Waals surface area contributed by atoms with E-state index in [4.69, 9.17) is 13.7 Å². The van der Waals surface area contributed by atoms with Gasteiger partial charge in [-0.2, -0.15) is 13.5 Å². The minimum Gasteiger partial charge on any atom is -0.486 e. The molecule has 1 aromatic heterocycles. The lowest BCUT2D eigenvalue weighted by molar-refractivity contribution is 0.0571. The second-order valence-corrected chi connectivity index (χ2v) is 7.44. The van der Waals surface area contributed by atoms with E-state index in [1.807, 2.05) is 13.0 Å². The van der Waals surface area contributed by atoms with Crippen molar-refractivity contribution in [2.24, 2.45) is 0 Å². The van der Waals surface area contributed by atoms with Crippen LogP contribution in [0.15, 0.2) is 47.5 Å². The highest BCUT2D eigenvalue weighted by Crippen LogP contribution is 2.38. The van der Waals surface area contributed by atoms with Crippen molar-refractivity contribution >= 4 is 21.0 Å². The van der Waals surface area contributed by atoms with Crippen LogP contribution in [0.25, 0.3) is 10.9 Å². The van der Waals surface area contributed by atoms with Gasteiger partial charge >= 0.3 is 0 Å². The summed E-state index contributed by atoms with van der Waals surface area (Å²) < 4.78 is 41.2. The fourth-order valence-electron chi connectivity index (χ4n) is 2.61. The number of aryl methyl sites for hydroxylation is 1. The van der Waals surface area contributed by atoms with Crippen LogP contribution in [0.1, 0.15) is 5.56 Å². The smallest absolute Gasteiger partial charge is 0.297 e. The van der Waals surface area contributed by atoms with E-state index in [2.05, 4.69) is 10.2 Å². The van der Waals surface area contributed by atoms with Crippen LogP contribution < -0.4 is 9.47 Å². The van der Waals surface area contributed by atoms with Gasteiger partial charge in [0.2, 0.25) is 0 Å². The lowest BCUT2D eigenvalue weighted by Gasteiger charge is -2.26. The van der Waals surface area contributed by atoms with Gasteiger partial charge in [-0.25, -0.2) is 0 Å². The van der Waals surface area contributed by atoms with Crippen LogP contribution >= 0.6 is 0 Å². The van der Waals surface area contributed by atoms with Gasteiger partial charge < -0.3 is 9.47 Å². The average Bonchev–Trinajstić information content (AvgIpc) is 3.09. The lowest BCUT2D eigenvalue weighted by Crippen LogP contribution is -2.34. The van der Waals surface area contributed by atoms with Crippen LogP contribution in [0.5, 0.6) is 11.5 Å². The minimum atomic E-state index is -3.84. The molecule has 1 aliphatic heterocycles. The zero-order chi connectivity index (χ0) is 17.4. The molecule has 130 valence electrons. The number of nitrogens with one attached hydrogen (secondary N) is 1. The number of fused-ring (bicyclic) bond motifs is 3. The molecule has 7 nitrogen and oxygen atoms in total. The lowest BCUT2D eigenvalue weighted by atomic mass is 10.2. The molecule has 0 spiro atoms. The molecule has 0 amide bonds. The first-order chi connectivity index (χ1) is 12.0. The van der Waals surface area contributed by atoms with Crippen molar-refractivity contribution in [3.63, 3.8) is 0 Å². The first-order valence-corrected chi connectivity index (χ1v) is 9.15. The normalized spacial score (nSPS) is 16.9. The number of benzene rings is 2. The van der Waals surface area contributed by atoms with Crippen molar-refractivity contribution in [2.75, 3.05) is 13.2 Å². The summed E-state index contributed by atoms with van der Waals surface area (Å²) in [6.07, 6.45) is 1.11. The summed E-state index contributed by atoms with van der Waals surface area (Å²) in [7, 11) is -3.84. The highest BCUT2D eigenvalue weighted by atomic mass is 32.2. The zero-order valence-corrected chi connectivity index (χ0v) is 14.2. The van der Waals surface area contributed by atoms with Crippen LogP contribution in [0.2, 0.25) is 0 Å². The van der Waals surface area contributed by atoms with Gasteiger partial charge in [0, 0.05) is 0 Å². The van der Waals surface area contributed by atoms with E-state index in [0.29, 0.717) is 11.5 Å². The third-order valence-corrected chi connectivity index (χ3v) is 5.26. The molecule has 0 saturated heterocycles. The van der Waals surface area contributed by atoms with E-state index >= 15 is 0 Å². The molecular formula is C17H16N2O5S. The van der Waals surface area contributed by atoms with E-state index in [-0.39, 0.29) is 18.1 Å². The third kappa shape index (κ3) is 3.06. The van der Waals surface area contributed by atoms with Gasteiger partial charge in [0.25, 0.3) is 10.1 Å². The fraction of sp³-hybridized carbons (Fsp3) is 0.235. The van der Waals surface area contributed by atoms with Gasteiger partial charge in [0.15, 0.2) is 17.6 Å². The summed E-state index contributed by atoms with van der Waals surface area (Å²) in [6.45, 7) is 1.96. The van der Waals surface area contributed by atoms with E-state index in [9.17, 15) is 8.42 Å². The number of aromatic amines is 1. The molecule has 1 aliphatic rings. The molecule has 2 heterocycles. The second kappa shape index (κ2) is 6.05. The van der Waals surface area contributed by atoms with E-state index in [1.165, 1.54) is 12.1 Å². The maximum Gasteiger partial charge on any atom is 0.297 e. The first-order valence-electron chi connectivity index (χ1n) is 7.74. The molecule has 8 heteroatoms. The maximum atomic E-state index is 12.3. The molecular weight excluding hydrogens is 344 g/mol. The molecule has 1 N–H and O–H groups in total. The monoisotopic (exact) mass is 360 g/mol. The Morgan fingerprint density at radius 3 is 2.84 bits per heavy atom. The fourth-order valence-corrected chi connectivity index (χ4v) is 3.55. The Labute approximate surface area is 144 Å². The van der Waals surface area contributed by atoms with Gasteiger partial charge in [0.1, 0.15) is 13.2 Å². The van der Waals surface area contributed by atoms with Crippen molar-refractivity contribution in [1.82, 2.24) is 10.2 Å². The molecule has 4 rings (SSSR count). The summed E-state index contributed by atoms with van der Waals surface area (Å²) in [5.74, 6) is 1.14. The number of aromatic nitrogens is 2. The van der Waals surface area contributed by atoms with Crippen LogP contribution in [0.4, 0.5) is 0 Å². The van der Waals surface area contributed by atoms with Gasteiger partial charge in [-0.05, 0) is 31.2 Å². The Bertz CT molecular complexity index is 1010. The van der Waals surface area contributed by atoms with Crippen molar-refractivity contribution in [2.45, 2.75) is 17.9 Å². The molecule has 1 atom stereocenters. The van der Waals surface area contributed by atoms with Crippen molar-refractivity contribution in [1.29, 1.82) is 0 Å². The summed E-state index contributed by atoms with van der Waals surface area (Å²) in [5, 5.41) is 7.61. The van der Waals surface area contributed by atoms with Crippen LogP contribution in [0, 0.1) is 6.92 Å². The number of H-pyrrole nitrogens is 1. The van der Waals surface area contributed by atoms with Gasteiger partial charge in [0.05, 0.1) is 22.0 Å². The quantitative estimate of drug-likeness (QED) is 0.719. The SMILES string of the molecule is Cc1ccc(S(=O)(=O)OCC2COc3ccc4[nH]ncc4c3O2)cc1. The molecule has 0 saturated carbocycles. The average molecular weight is 360 g/mol. The van der Waals surface area contributed by atoms with Gasteiger partial charge in [-0.1, -0.05) is 17.7 Å². The van der Waals surface area contributed by atoms with E-state index < -0.39 is 16.2 Å². The molecule has 0 fully saturated rings. The Morgan fingerprint density at radius 2 is 2.04 bits per heavy atom. The zero-order valence-electron chi connectivity index (χ0n) is 13.4. The second-order valence-electron chi connectivity index (χ2n) is 5.83. The highest BCUT2D eigenvalue weighted by molar-refractivity contribution is 7.86. The molecule has 0 aliphatic carbocycles. The van der Waals surface area contributed by atoms with Crippen molar-refractivity contribution in [3.05, 3.63) is 48.2 Å². The summed E-state index contributed by atoms with van der Waals surface area (Å²) >= 11 is 0. The number of rotatable bonds is 4. The molecule has 25 heavy (non-hydrogen) atoms. The molecule has 2 aromatic carbocycles. The highest BCUT2D eigenvalue weighted by Gasteiger charge is 2.26. The molecule has 0 bridgehead atoms. The summed E-state index contributed by atoms with van der Waals surface area (Å²) in [5.41, 5.74) is 1.79. The number of nitrogens with zero attached hydrogens (tertiary/aromatic N) is 1. The van der Waals surface area contributed by atoms with Gasteiger partial charge in [-0.3, -0.25) is 9.28 Å². The standard InChI is InChI=1S/C17H16N2O5S/c1-11-2-4-13(5-3-11)25(20,21)23-10-12-9-22-16-7-6-15-14(8-18-19-15)17(16)24-12/h2-8,12H,9-10H2,1H3,(H,18,19). The number of hydrogen-bond acceptors (Lipinski definition) is 6. The topological polar surface area (TPSA) is 90.5 Å². The van der Waals surface area contributed by atoms with Crippen molar-refractivity contribution < 1.29 is 22.1 Å². The predicted molar refractivity (Wildman–Crippen MR) is 90.3 cm³/mol. The molecule has 1 unspecified atom stereocenters. The van der Waals surface area contributed by atoms with Crippen LogP contribution in [-0.4, -0.2) is 37.9 Å². The Kier molecular flexibility index (Phi) is 3.85. The molecule has 0 radical (unpaired) electrons. The predicted octanol–water partition coefficient (Wildman–Crippen LogP) is 2.42. The third-order valence-electron chi connectivity index (χ3n) is 3.97. The maximum absolute atomic E-state index is 12.3. The molecule has 3 aromatic rings. The number of ether oxygens (including phenoxy) is 2. The Balaban J connectivity index is 1.49. The van der Waals surface area contributed by atoms with Crippen molar-refractivity contribution in [3.8, 4) is 11.5 Å².